The zero-order chi connectivity index (χ0) is 12.1. The highest BCUT2D eigenvalue weighted by atomic mass is 16.5. The molecule has 0 bridgehead atoms. The molecule has 0 aliphatic carbocycles. The predicted octanol–water partition coefficient (Wildman–Crippen LogP) is 1.25. The van der Waals surface area contributed by atoms with Gasteiger partial charge < -0.3 is 4.74 Å². The van der Waals surface area contributed by atoms with E-state index in [1.54, 1.807) is 19.1 Å². The molecule has 0 aliphatic rings. The van der Waals surface area contributed by atoms with E-state index in [2.05, 4.69) is 26.3 Å². The van der Waals surface area contributed by atoms with Crippen LogP contribution in [-0.2, 0) is 0 Å². The van der Waals surface area contributed by atoms with Crippen LogP contribution >= 0.6 is 0 Å². The summed E-state index contributed by atoms with van der Waals surface area (Å²) in [5.74, 6) is 4.14. The summed E-state index contributed by atoms with van der Waals surface area (Å²) in [6, 6.07) is 7.27. The molecular weight excluding hydrogens is 216 g/mol. The lowest BCUT2D eigenvalue weighted by molar-refractivity contribution is 0.370. The Labute approximate surface area is 98.9 Å². The van der Waals surface area contributed by atoms with Crippen LogP contribution in [0.5, 0.6) is 5.75 Å². The Kier molecular flexibility index (Phi) is 3.26. The van der Waals surface area contributed by atoms with Gasteiger partial charge in [-0.25, -0.2) is 0 Å². The maximum absolute atomic E-state index is 5.26. The second-order valence-electron chi connectivity index (χ2n) is 3.29. The topological polar surface area (TPSA) is 60.8 Å². The molecule has 2 rings (SSSR count). The van der Waals surface area contributed by atoms with E-state index >= 15 is 0 Å². The Morgan fingerprint density at radius 1 is 1.12 bits per heavy atom. The minimum Gasteiger partial charge on any atom is -0.481 e. The van der Waals surface area contributed by atoms with Crippen LogP contribution in [0.3, 0.4) is 0 Å². The Balaban J connectivity index is 2.18. The first-order valence-corrected chi connectivity index (χ1v) is 5.00. The molecule has 0 radical (unpaired) electrons. The molecule has 0 N–H and O–H groups in total. The quantitative estimate of drug-likeness (QED) is 0.737. The molecule has 1 heterocycles. The SMILES string of the molecule is C#CCOc1ccc(-c2nnc(C)nn2)cc1. The number of nitrogens with zero attached hydrogens (tertiary/aromatic N) is 4. The lowest BCUT2D eigenvalue weighted by Gasteiger charge is -2.02. The van der Waals surface area contributed by atoms with Gasteiger partial charge in [-0.15, -0.1) is 26.8 Å². The summed E-state index contributed by atoms with van der Waals surface area (Å²) < 4.78 is 5.26. The Hall–Kier alpha value is -2.48. The van der Waals surface area contributed by atoms with Gasteiger partial charge in [-0.3, -0.25) is 0 Å². The molecule has 5 heteroatoms. The van der Waals surface area contributed by atoms with Gasteiger partial charge in [-0.1, -0.05) is 5.92 Å². The summed E-state index contributed by atoms with van der Waals surface area (Å²) in [5.41, 5.74) is 0.832. The maximum atomic E-state index is 5.26. The molecule has 1 aromatic carbocycles. The molecule has 0 unspecified atom stereocenters. The van der Waals surface area contributed by atoms with Crippen LogP contribution in [0.1, 0.15) is 5.82 Å². The molecule has 0 amide bonds. The minimum atomic E-state index is 0.253. The number of rotatable bonds is 3. The van der Waals surface area contributed by atoms with Crippen LogP contribution in [0.25, 0.3) is 11.4 Å². The summed E-state index contributed by atoms with van der Waals surface area (Å²) in [4.78, 5) is 0. The number of hydrogen-bond acceptors (Lipinski definition) is 5. The highest BCUT2D eigenvalue weighted by molar-refractivity contribution is 5.54. The summed E-state index contributed by atoms with van der Waals surface area (Å²) >= 11 is 0. The van der Waals surface area contributed by atoms with E-state index in [-0.39, 0.29) is 6.61 Å². The van der Waals surface area contributed by atoms with Gasteiger partial charge in [0.15, 0.2) is 5.82 Å². The second-order valence-corrected chi connectivity index (χ2v) is 3.29. The van der Waals surface area contributed by atoms with Gasteiger partial charge in [0.05, 0.1) is 0 Å². The fraction of sp³-hybridized carbons (Fsp3) is 0.167. The highest BCUT2D eigenvalue weighted by Crippen LogP contribution is 2.18. The van der Waals surface area contributed by atoms with Crippen LogP contribution in [0, 0.1) is 19.3 Å². The summed E-state index contributed by atoms with van der Waals surface area (Å²) in [5, 5.41) is 15.6. The molecule has 84 valence electrons. The van der Waals surface area contributed by atoms with E-state index in [0.29, 0.717) is 17.4 Å². The van der Waals surface area contributed by atoms with E-state index in [1.165, 1.54) is 0 Å². The zero-order valence-electron chi connectivity index (χ0n) is 9.29. The van der Waals surface area contributed by atoms with Crippen molar-refractivity contribution in [1.29, 1.82) is 0 Å². The fourth-order valence-corrected chi connectivity index (χ4v) is 1.22. The average Bonchev–Trinajstić information content (AvgIpc) is 2.38. The maximum Gasteiger partial charge on any atom is 0.203 e. The summed E-state index contributed by atoms with van der Waals surface area (Å²) in [6.45, 7) is 1.99. The van der Waals surface area contributed by atoms with Gasteiger partial charge >= 0.3 is 0 Å². The lowest BCUT2D eigenvalue weighted by atomic mass is 10.2. The number of aryl methyl sites for hydroxylation is 1. The third kappa shape index (κ3) is 2.75. The number of ether oxygens (including phenoxy) is 1. The van der Waals surface area contributed by atoms with Crippen molar-refractivity contribution in [1.82, 2.24) is 20.4 Å². The first-order valence-electron chi connectivity index (χ1n) is 5.00. The molecule has 0 aliphatic heterocycles. The van der Waals surface area contributed by atoms with E-state index < -0.39 is 0 Å². The lowest BCUT2D eigenvalue weighted by Crippen LogP contribution is -1.98. The van der Waals surface area contributed by atoms with Crippen molar-refractivity contribution in [3.05, 3.63) is 30.1 Å². The van der Waals surface area contributed by atoms with Gasteiger partial charge in [0.1, 0.15) is 12.4 Å². The molecule has 0 saturated heterocycles. The molecule has 0 saturated carbocycles. The molecule has 17 heavy (non-hydrogen) atoms. The van der Waals surface area contributed by atoms with Crippen molar-refractivity contribution in [2.45, 2.75) is 6.92 Å². The van der Waals surface area contributed by atoms with Crippen LogP contribution in [0.15, 0.2) is 24.3 Å². The third-order valence-electron chi connectivity index (χ3n) is 2.01. The first-order chi connectivity index (χ1) is 8.29. The third-order valence-corrected chi connectivity index (χ3v) is 2.01. The summed E-state index contributed by atoms with van der Waals surface area (Å²) in [7, 11) is 0. The first kappa shape index (κ1) is 11.0. The smallest absolute Gasteiger partial charge is 0.203 e. The summed E-state index contributed by atoms with van der Waals surface area (Å²) in [6.07, 6.45) is 5.10. The van der Waals surface area contributed by atoms with Crippen molar-refractivity contribution in [2.75, 3.05) is 6.61 Å². The van der Waals surface area contributed by atoms with Crippen molar-refractivity contribution in [3.8, 4) is 29.5 Å². The molecular formula is C12H10N4O. The Morgan fingerprint density at radius 2 is 1.76 bits per heavy atom. The highest BCUT2D eigenvalue weighted by Gasteiger charge is 2.02. The molecule has 2 aromatic rings. The van der Waals surface area contributed by atoms with E-state index in [0.717, 1.165) is 5.56 Å². The van der Waals surface area contributed by atoms with Gasteiger partial charge in [-0.2, -0.15) is 0 Å². The van der Waals surface area contributed by atoms with Crippen LogP contribution in [0.4, 0.5) is 0 Å². The molecule has 0 atom stereocenters. The number of terminal acetylenes is 1. The monoisotopic (exact) mass is 226 g/mol. The predicted molar refractivity (Wildman–Crippen MR) is 62.1 cm³/mol. The Morgan fingerprint density at radius 3 is 2.35 bits per heavy atom. The molecule has 0 fully saturated rings. The number of aromatic nitrogens is 4. The van der Waals surface area contributed by atoms with Crippen molar-refractivity contribution in [2.24, 2.45) is 0 Å². The number of benzene rings is 1. The zero-order valence-corrected chi connectivity index (χ0v) is 9.29. The Bertz CT molecular complexity index is 528. The van der Waals surface area contributed by atoms with E-state index in [1.807, 2.05) is 12.1 Å². The fourth-order valence-electron chi connectivity index (χ4n) is 1.22. The van der Waals surface area contributed by atoms with E-state index in [4.69, 9.17) is 11.2 Å². The normalized spacial score (nSPS) is 9.65. The van der Waals surface area contributed by atoms with Crippen LogP contribution < -0.4 is 4.74 Å². The van der Waals surface area contributed by atoms with Crippen LogP contribution in [0.2, 0.25) is 0 Å². The van der Waals surface area contributed by atoms with Crippen molar-refractivity contribution in [3.63, 3.8) is 0 Å². The second kappa shape index (κ2) is 5.03. The van der Waals surface area contributed by atoms with Gasteiger partial charge in [0, 0.05) is 5.56 Å². The number of hydrogen-bond donors (Lipinski definition) is 0. The van der Waals surface area contributed by atoms with Gasteiger partial charge in [0.25, 0.3) is 0 Å². The molecule has 5 nitrogen and oxygen atoms in total. The average molecular weight is 226 g/mol. The standard InChI is InChI=1S/C12H10N4O/c1-3-8-17-11-6-4-10(5-7-11)12-15-13-9(2)14-16-12/h1,4-7H,8H2,2H3. The van der Waals surface area contributed by atoms with Gasteiger partial charge in [0.2, 0.25) is 5.82 Å². The van der Waals surface area contributed by atoms with E-state index in [9.17, 15) is 0 Å². The molecule has 0 spiro atoms. The van der Waals surface area contributed by atoms with Gasteiger partial charge in [-0.05, 0) is 31.2 Å². The van der Waals surface area contributed by atoms with Crippen LogP contribution in [-0.4, -0.2) is 27.0 Å². The minimum absolute atomic E-state index is 0.253. The largest absolute Gasteiger partial charge is 0.481 e. The van der Waals surface area contributed by atoms with Crippen molar-refractivity contribution < 1.29 is 4.74 Å². The molecule has 1 aromatic heterocycles. The van der Waals surface area contributed by atoms with Crippen molar-refractivity contribution >= 4 is 0 Å².